The van der Waals surface area contributed by atoms with Crippen LogP contribution in [0.4, 0.5) is 0 Å². The predicted octanol–water partition coefficient (Wildman–Crippen LogP) is 2.88. The first-order chi connectivity index (χ1) is 14.7. The summed E-state index contributed by atoms with van der Waals surface area (Å²) in [6.07, 6.45) is 1.55. The third-order valence-corrected chi connectivity index (χ3v) is 4.17. The molecule has 7 heteroatoms. The summed E-state index contributed by atoms with van der Waals surface area (Å²) in [5.41, 5.74) is 3.19. The molecule has 30 heavy (non-hydrogen) atoms. The summed E-state index contributed by atoms with van der Waals surface area (Å²) in [6.45, 7) is 2.04. The Hall–Kier alpha value is -3.87. The Morgan fingerprint density at radius 1 is 0.933 bits per heavy atom. The second kappa shape index (κ2) is 10.6. The molecule has 0 radical (unpaired) electrons. The number of hydrogen-bond acceptors (Lipinski definition) is 5. The van der Waals surface area contributed by atoms with E-state index in [-0.39, 0.29) is 13.2 Å². The van der Waals surface area contributed by atoms with E-state index in [0.29, 0.717) is 18.1 Å². The first kappa shape index (κ1) is 20.9. The zero-order chi connectivity index (χ0) is 21.2. The lowest BCUT2D eigenvalue weighted by Crippen LogP contribution is -2.37. The molecule has 3 aromatic carbocycles. The summed E-state index contributed by atoms with van der Waals surface area (Å²) in [5.74, 6) is 0.422. The molecule has 3 rings (SSSR count). The number of benzene rings is 3. The zero-order valence-electron chi connectivity index (χ0n) is 16.6. The molecule has 2 amide bonds. The SMILES string of the molecule is CCOc1ccc2ccccc2c1/C=N\NC(=O)CNC(=O)COc1ccccc1. The molecule has 0 aliphatic rings. The van der Waals surface area contributed by atoms with E-state index in [4.69, 9.17) is 9.47 Å². The van der Waals surface area contributed by atoms with E-state index in [1.165, 1.54) is 0 Å². The number of hydrogen-bond donors (Lipinski definition) is 2. The molecule has 2 N–H and O–H groups in total. The fourth-order valence-electron chi connectivity index (χ4n) is 2.79. The molecule has 0 spiro atoms. The van der Waals surface area contributed by atoms with Crippen LogP contribution in [0, 0.1) is 0 Å². The second-order valence-electron chi connectivity index (χ2n) is 6.30. The molecule has 0 saturated carbocycles. The minimum absolute atomic E-state index is 0.172. The van der Waals surface area contributed by atoms with Crippen LogP contribution in [0.3, 0.4) is 0 Å². The van der Waals surface area contributed by atoms with Gasteiger partial charge in [-0.05, 0) is 35.9 Å². The molecular weight excluding hydrogens is 382 g/mol. The van der Waals surface area contributed by atoms with E-state index in [1.54, 1.807) is 18.3 Å². The molecule has 0 bridgehead atoms. The fraction of sp³-hybridized carbons (Fsp3) is 0.174. The van der Waals surface area contributed by atoms with Crippen LogP contribution >= 0.6 is 0 Å². The summed E-state index contributed by atoms with van der Waals surface area (Å²) in [6, 6.07) is 20.7. The Bertz CT molecular complexity index is 1040. The molecule has 0 saturated heterocycles. The van der Waals surface area contributed by atoms with Gasteiger partial charge in [-0.3, -0.25) is 9.59 Å². The molecule has 3 aromatic rings. The monoisotopic (exact) mass is 405 g/mol. The molecule has 0 aliphatic heterocycles. The van der Waals surface area contributed by atoms with Crippen molar-refractivity contribution >= 4 is 28.8 Å². The van der Waals surface area contributed by atoms with Crippen molar-refractivity contribution in [3.63, 3.8) is 0 Å². The summed E-state index contributed by atoms with van der Waals surface area (Å²) in [4.78, 5) is 23.8. The lowest BCUT2D eigenvalue weighted by Gasteiger charge is -2.10. The summed E-state index contributed by atoms with van der Waals surface area (Å²) in [5, 5.41) is 8.51. The van der Waals surface area contributed by atoms with E-state index in [9.17, 15) is 9.59 Å². The van der Waals surface area contributed by atoms with Gasteiger partial charge in [-0.2, -0.15) is 5.10 Å². The smallest absolute Gasteiger partial charge is 0.259 e. The van der Waals surface area contributed by atoms with Gasteiger partial charge < -0.3 is 14.8 Å². The number of rotatable bonds is 9. The van der Waals surface area contributed by atoms with Crippen LogP contribution in [0.1, 0.15) is 12.5 Å². The number of nitrogens with one attached hydrogen (secondary N) is 2. The molecule has 0 aromatic heterocycles. The van der Waals surface area contributed by atoms with E-state index >= 15 is 0 Å². The average molecular weight is 405 g/mol. The van der Waals surface area contributed by atoms with Gasteiger partial charge in [0.05, 0.1) is 19.4 Å². The van der Waals surface area contributed by atoms with Crippen LogP contribution < -0.4 is 20.2 Å². The number of fused-ring (bicyclic) bond motifs is 1. The van der Waals surface area contributed by atoms with Crippen LogP contribution in [-0.4, -0.2) is 37.8 Å². The van der Waals surface area contributed by atoms with Gasteiger partial charge in [0.15, 0.2) is 6.61 Å². The van der Waals surface area contributed by atoms with Gasteiger partial charge in [0.1, 0.15) is 11.5 Å². The normalized spacial score (nSPS) is 10.7. The number of nitrogens with zero attached hydrogens (tertiary/aromatic N) is 1. The Kier molecular flexibility index (Phi) is 7.38. The minimum atomic E-state index is -0.447. The number of amides is 2. The summed E-state index contributed by atoms with van der Waals surface area (Å²) in [7, 11) is 0. The Morgan fingerprint density at radius 2 is 1.70 bits per heavy atom. The van der Waals surface area contributed by atoms with Crippen LogP contribution in [0.5, 0.6) is 11.5 Å². The predicted molar refractivity (Wildman–Crippen MR) is 116 cm³/mol. The van der Waals surface area contributed by atoms with Gasteiger partial charge in [0, 0.05) is 5.56 Å². The van der Waals surface area contributed by atoms with Crippen molar-refractivity contribution in [1.82, 2.24) is 10.7 Å². The summed E-state index contributed by atoms with van der Waals surface area (Å²) >= 11 is 0. The van der Waals surface area contributed by atoms with Crippen molar-refractivity contribution in [3.05, 3.63) is 72.3 Å². The molecule has 0 aliphatic carbocycles. The van der Waals surface area contributed by atoms with E-state index in [1.807, 2.05) is 61.5 Å². The molecule has 0 heterocycles. The lowest BCUT2D eigenvalue weighted by molar-refractivity contribution is -0.127. The quantitative estimate of drug-likeness (QED) is 0.423. The van der Waals surface area contributed by atoms with Crippen LogP contribution in [0.15, 0.2) is 71.8 Å². The second-order valence-corrected chi connectivity index (χ2v) is 6.30. The molecule has 0 unspecified atom stereocenters. The number of carbonyl (C=O) groups is 2. The lowest BCUT2D eigenvalue weighted by atomic mass is 10.0. The maximum atomic E-state index is 12.0. The highest BCUT2D eigenvalue weighted by Gasteiger charge is 2.08. The first-order valence-corrected chi connectivity index (χ1v) is 9.58. The van der Waals surface area contributed by atoms with Crippen molar-refractivity contribution in [2.45, 2.75) is 6.92 Å². The van der Waals surface area contributed by atoms with Crippen LogP contribution in [-0.2, 0) is 9.59 Å². The zero-order valence-corrected chi connectivity index (χ0v) is 16.6. The molecule has 7 nitrogen and oxygen atoms in total. The first-order valence-electron chi connectivity index (χ1n) is 9.58. The van der Waals surface area contributed by atoms with Crippen molar-refractivity contribution in [2.24, 2.45) is 5.10 Å². The van der Waals surface area contributed by atoms with Gasteiger partial charge in [-0.1, -0.05) is 48.5 Å². The van der Waals surface area contributed by atoms with Crippen molar-refractivity contribution in [3.8, 4) is 11.5 Å². The number of hydrazone groups is 1. The van der Waals surface area contributed by atoms with Gasteiger partial charge in [-0.25, -0.2) is 5.43 Å². The van der Waals surface area contributed by atoms with E-state index in [2.05, 4.69) is 15.8 Å². The molecule has 0 fully saturated rings. The molecule has 0 atom stereocenters. The van der Waals surface area contributed by atoms with Crippen molar-refractivity contribution in [1.29, 1.82) is 0 Å². The maximum absolute atomic E-state index is 12.0. The van der Waals surface area contributed by atoms with Crippen LogP contribution in [0.25, 0.3) is 10.8 Å². The largest absolute Gasteiger partial charge is 0.493 e. The molecule has 154 valence electrons. The maximum Gasteiger partial charge on any atom is 0.259 e. The third-order valence-electron chi connectivity index (χ3n) is 4.17. The third kappa shape index (κ3) is 5.81. The van der Waals surface area contributed by atoms with Gasteiger partial charge in [0.2, 0.25) is 0 Å². The minimum Gasteiger partial charge on any atom is -0.493 e. The van der Waals surface area contributed by atoms with E-state index in [0.717, 1.165) is 16.3 Å². The van der Waals surface area contributed by atoms with Crippen molar-refractivity contribution in [2.75, 3.05) is 19.8 Å². The fourth-order valence-corrected chi connectivity index (χ4v) is 2.79. The van der Waals surface area contributed by atoms with E-state index < -0.39 is 11.8 Å². The summed E-state index contributed by atoms with van der Waals surface area (Å²) < 4.78 is 11.0. The highest BCUT2D eigenvalue weighted by Crippen LogP contribution is 2.26. The van der Waals surface area contributed by atoms with Crippen LogP contribution in [0.2, 0.25) is 0 Å². The highest BCUT2D eigenvalue weighted by atomic mass is 16.5. The highest BCUT2D eigenvalue weighted by molar-refractivity contribution is 6.02. The number of ether oxygens (including phenoxy) is 2. The standard InChI is InChI=1S/C23H23N3O4/c1-2-29-21-13-12-17-8-6-7-11-19(17)20(21)14-25-26-22(27)15-24-23(28)16-30-18-9-4-3-5-10-18/h3-14H,2,15-16H2,1H3,(H,24,28)(H,26,27)/b25-14-. The van der Waals surface area contributed by atoms with Crippen molar-refractivity contribution < 1.29 is 19.1 Å². The topological polar surface area (TPSA) is 89.0 Å². The Labute approximate surface area is 174 Å². The average Bonchev–Trinajstić information content (AvgIpc) is 2.78. The Balaban J connectivity index is 1.53. The van der Waals surface area contributed by atoms with Gasteiger partial charge in [0.25, 0.3) is 11.8 Å². The number of carbonyl (C=O) groups excluding carboxylic acids is 2. The van der Waals surface area contributed by atoms with Gasteiger partial charge in [-0.15, -0.1) is 0 Å². The Morgan fingerprint density at radius 3 is 2.50 bits per heavy atom. The number of para-hydroxylation sites is 1. The van der Waals surface area contributed by atoms with Gasteiger partial charge >= 0.3 is 0 Å². The molecular formula is C23H23N3O4.